The first-order valence-electron chi connectivity index (χ1n) is 7.06. The van der Waals surface area contributed by atoms with Crippen LogP contribution >= 0.6 is 0 Å². The van der Waals surface area contributed by atoms with Crippen LogP contribution in [0, 0.1) is 0 Å². The van der Waals surface area contributed by atoms with E-state index in [1.54, 1.807) is 12.3 Å². The largest absolute Gasteiger partial charge is 0.447 e. The highest BCUT2D eigenvalue weighted by Crippen LogP contribution is 2.31. The third kappa shape index (κ3) is 3.60. The Kier molecular flexibility index (Phi) is 4.95. The lowest BCUT2D eigenvalue weighted by atomic mass is 10.1. The van der Waals surface area contributed by atoms with Crippen LogP contribution in [-0.4, -0.2) is 46.6 Å². The van der Waals surface area contributed by atoms with Crippen molar-refractivity contribution in [3.8, 4) is 5.88 Å². The normalized spacial score (nSPS) is 22.2. The zero-order valence-corrected chi connectivity index (χ0v) is 12.6. The summed E-state index contributed by atoms with van der Waals surface area (Å²) in [6, 6.07) is 1.63. The molecule has 7 nitrogen and oxygen atoms in total. The van der Waals surface area contributed by atoms with Gasteiger partial charge < -0.3 is 14.2 Å². The van der Waals surface area contributed by atoms with Gasteiger partial charge in [0.15, 0.2) is 0 Å². The first kappa shape index (κ1) is 15.5. The average Bonchev–Trinajstić information content (AvgIpc) is 2.48. The van der Waals surface area contributed by atoms with Crippen LogP contribution in [0.3, 0.4) is 0 Å². The van der Waals surface area contributed by atoms with E-state index in [-0.39, 0.29) is 6.10 Å². The second kappa shape index (κ2) is 6.71. The summed E-state index contributed by atoms with van der Waals surface area (Å²) in [7, 11) is 1.52. The van der Waals surface area contributed by atoms with Gasteiger partial charge in [0.2, 0.25) is 5.88 Å². The fourth-order valence-electron chi connectivity index (χ4n) is 2.28. The van der Waals surface area contributed by atoms with E-state index in [0.29, 0.717) is 18.8 Å². The second-order valence-corrected chi connectivity index (χ2v) is 5.11. The van der Waals surface area contributed by atoms with Crippen molar-refractivity contribution in [2.24, 2.45) is 0 Å². The quantitative estimate of drug-likeness (QED) is 0.793. The summed E-state index contributed by atoms with van der Waals surface area (Å²) < 4.78 is 16.7. The molecule has 0 radical (unpaired) electrons. The van der Waals surface area contributed by atoms with E-state index in [2.05, 4.69) is 9.97 Å². The van der Waals surface area contributed by atoms with Crippen LogP contribution in [-0.2, 0) is 9.47 Å². The molecule has 21 heavy (non-hydrogen) atoms. The van der Waals surface area contributed by atoms with Gasteiger partial charge in [-0.05, 0) is 26.7 Å². The third-order valence-corrected chi connectivity index (χ3v) is 3.23. The first-order valence-corrected chi connectivity index (χ1v) is 7.06. The number of ether oxygens (including phenoxy) is 3. The van der Waals surface area contributed by atoms with Crippen molar-refractivity contribution in [1.82, 2.24) is 14.9 Å². The summed E-state index contributed by atoms with van der Waals surface area (Å²) in [4.78, 5) is 21.6. The number of piperidine rings is 1. The number of likely N-dealkylation sites (tertiary alicyclic amines) is 1. The number of aromatic nitrogens is 2. The Morgan fingerprint density at radius 1 is 1.43 bits per heavy atom. The van der Waals surface area contributed by atoms with Gasteiger partial charge in [-0.3, -0.25) is 0 Å². The molecule has 116 valence electrons. The summed E-state index contributed by atoms with van der Waals surface area (Å²) in [5, 5.41) is 0. The lowest BCUT2D eigenvalue weighted by molar-refractivity contribution is -0.264. The maximum atomic E-state index is 12.3. The van der Waals surface area contributed by atoms with Crippen LogP contribution in [0.2, 0.25) is 0 Å². The lowest BCUT2D eigenvalue weighted by Gasteiger charge is -2.43. The molecule has 1 aliphatic rings. The van der Waals surface area contributed by atoms with Crippen molar-refractivity contribution in [2.75, 3.05) is 13.7 Å². The number of hydrogen-bond acceptors (Lipinski definition) is 6. The molecule has 1 unspecified atom stereocenters. The number of nitrogens with zero attached hydrogens (tertiary/aromatic N) is 3. The molecule has 2 heterocycles. The van der Waals surface area contributed by atoms with Gasteiger partial charge in [0.05, 0.1) is 6.10 Å². The van der Waals surface area contributed by atoms with E-state index in [9.17, 15) is 4.79 Å². The Morgan fingerprint density at radius 3 is 2.86 bits per heavy atom. The van der Waals surface area contributed by atoms with Crippen LogP contribution < -0.4 is 4.74 Å². The predicted octanol–water partition coefficient (Wildman–Crippen LogP) is 2.19. The van der Waals surface area contributed by atoms with E-state index in [0.717, 1.165) is 12.8 Å². The van der Waals surface area contributed by atoms with Crippen LogP contribution in [0.15, 0.2) is 18.6 Å². The van der Waals surface area contributed by atoms with Gasteiger partial charge in [0.25, 0.3) is 0 Å². The summed E-state index contributed by atoms with van der Waals surface area (Å²) in [5.41, 5.74) is 0. The number of methoxy groups -OCH3 is 1. The molecule has 1 aromatic heterocycles. The van der Waals surface area contributed by atoms with E-state index in [1.165, 1.54) is 18.3 Å². The topological polar surface area (TPSA) is 73.8 Å². The Bertz CT molecular complexity index is 469. The number of amides is 1. The van der Waals surface area contributed by atoms with Gasteiger partial charge in [-0.1, -0.05) is 0 Å². The molecule has 1 atom stereocenters. The molecule has 1 fully saturated rings. The molecular weight excluding hydrogens is 274 g/mol. The molecule has 7 heteroatoms. The van der Waals surface area contributed by atoms with Gasteiger partial charge in [-0.2, -0.15) is 0 Å². The summed E-state index contributed by atoms with van der Waals surface area (Å²) in [5.74, 6) is -0.824. The molecule has 0 aliphatic carbocycles. The molecule has 0 saturated carbocycles. The molecule has 0 bridgehead atoms. The molecular formula is C14H21N3O4. The van der Waals surface area contributed by atoms with E-state index in [1.807, 2.05) is 13.8 Å². The molecule has 1 aliphatic heterocycles. The fourth-order valence-corrected chi connectivity index (χ4v) is 2.28. The molecule has 1 amide bonds. The molecule has 2 rings (SSSR count). The number of rotatable bonds is 4. The second-order valence-electron chi connectivity index (χ2n) is 5.11. The third-order valence-electron chi connectivity index (χ3n) is 3.23. The molecule has 1 saturated heterocycles. The monoisotopic (exact) mass is 295 g/mol. The highest BCUT2D eigenvalue weighted by Gasteiger charge is 2.46. The van der Waals surface area contributed by atoms with E-state index >= 15 is 0 Å². The zero-order valence-electron chi connectivity index (χ0n) is 12.6. The smallest absolute Gasteiger partial charge is 0.415 e. The van der Waals surface area contributed by atoms with E-state index < -0.39 is 12.0 Å². The maximum Gasteiger partial charge on any atom is 0.415 e. The summed E-state index contributed by atoms with van der Waals surface area (Å²) in [6.45, 7) is 4.13. The Balaban J connectivity index is 2.21. The predicted molar refractivity (Wildman–Crippen MR) is 74.6 cm³/mol. The number of hydrogen-bond donors (Lipinski definition) is 0. The highest BCUT2D eigenvalue weighted by molar-refractivity contribution is 5.68. The number of carbonyl (C=O) groups is 1. The van der Waals surface area contributed by atoms with Crippen molar-refractivity contribution in [1.29, 1.82) is 0 Å². The lowest BCUT2D eigenvalue weighted by Crippen LogP contribution is -2.60. The average molecular weight is 295 g/mol. The summed E-state index contributed by atoms with van der Waals surface area (Å²) >= 11 is 0. The van der Waals surface area contributed by atoms with Gasteiger partial charge in [-0.25, -0.2) is 19.7 Å². The fraction of sp³-hybridized carbons (Fsp3) is 0.643. The van der Waals surface area contributed by atoms with Crippen LogP contribution in [0.25, 0.3) is 0 Å². The van der Waals surface area contributed by atoms with Gasteiger partial charge in [0, 0.05) is 32.3 Å². The standard InChI is InChI=1S/C14H21N3O4/c1-11(2)20-13(18)17-9-5-4-7-14(17,19-3)21-12-6-8-15-10-16-12/h6,8,10-11H,4-5,7,9H2,1-3H3. The van der Waals surface area contributed by atoms with Crippen molar-refractivity contribution in [3.05, 3.63) is 18.6 Å². The molecule has 1 aromatic rings. The van der Waals surface area contributed by atoms with Crippen LogP contribution in [0.4, 0.5) is 4.79 Å². The van der Waals surface area contributed by atoms with Crippen molar-refractivity contribution >= 4 is 6.09 Å². The molecule has 0 aromatic carbocycles. The van der Waals surface area contributed by atoms with Crippen molar-refractivity contribution in [2.45, 2.75) is 45.1 Å². The van der Waals surface area contributed by atoms with Gasteiger partial charge in [0.1, 0.15) is 6.33 Å². The van der Waals surface area contributed by atoms with Crippen LogP contribution in [0.5, 0.6) is 5.88 Å². The number of carbonyl (C=O) groups excluding carboxylic acids is 1. The Labute approximate surface area is 124 Å². The van der Waals surface area contributed by atoms with Gasteiger partial charge in [-0.15, -0.1) is 0 Å². The minimum atomic E-state index is -1.18. The first-order chi connectivity index (χ1) is 10.1. The minimum Gasteiger partial charge on any atom is -0.447 e. The van der Waals surface area contributed by atoms with E-state index in [4.69, 9.17) is 14.2 Å². The molecule has 0 N–H and O–H groups in total. The summed E-state index contributed by atoms with van der Waals surface area (Å²) in [6.07, 6.45) is 4.65. The Hall–Kier alpha value is -1.89. The minimum absolute atomic E-state index is 0.201. The molecule has 0 spiro atoms. The highest BCUT2D eigenvalue weighted by atomic mass is 16.7. The SMILES string of the molecule is COC1(Oc2ccncn2)CCCCN1C(=O)OC(C)C. The Morgan fingerprint density at radius 2 is 2.24 bits per heavy atom. The zero-order chi connectivity index (χ0) is 15.3. The van der Waals surface area contributed by atoms with Crippen molar-refractivity contribution in [3.63, 3.8) is 0 Å². The van der Waals surface area contributed by atoms with Crippen LogP contribution in [0.1, 0.15) is 33.1 Å². The maximum absolute atomic E-state index is 12.3. The van der Waals surface area contributed by atoms with Gasteiger partial charge >= 0.3 is 12.0 Å². The van der Waals surface area contributed by atoms with Crippen molar-refractivity contribution < 1.29 is 19.0 Å².